The summed E-state index contributed by atoms with van der Waals surface area (Å²) in [6.45, 7) is 5.17. The molecule has 0 fully saturated rings. The molecule has 0 aromatic carbocycles. The summed E-state index contributed by atoms with van der Waals surface area (Å²) >= 11 is 0. The van der Waals surface area contributed by atoms with Crippen molar-refractivity contribution in [2.45, 2.75) is 25.6 Å². The molecule has 0 radical (unpaired) electrons. The number of rotatable bonds is 3. The SMILES string of the molecule is C#C[Si](C)(C)CCCN.Cl. The Morgan fingerprint density at radius 1 is 1.50 bits per heavy atom. The molecule has 1 nitrogen and oxygen atoms in total. The lowest BCUT2D eigenvalue weighted by Gasteiger charge is -2.12. The van der Waals surface area contributed by atoms with Crippen molar-refractivity contribution >= 4 is 20.5 Å². The second-order valence-electron chi connectivity index (χ2n) is 2.92. The van der Waals surface area contributed by atoms with Gasteiger partial charge in [0.05, 0.1) is 0 Å². The van der Waals surface area contributed by atoms with Crippen molar-refractivity contribution in [3.05, 3.63) is 0 Å². The molecule has 0 atom stereocenters. The lowest BCUT2D eigenvalue weighted by molar-refractivity contribution is 0.916. The zero-order chi connectivity index (χ0) is 7.33. The molecule has 0 amide bonds. The first-order chi connectivity index (χ1) is 4.12. The van der Waals surface area contributed by atoms with Gasteiger partial charge in [0.2, 0.25) is 0 Å². The maximum atomic E-state index is 5.34. The fourth-order valence-corrected chi connectivity index (χ4v) is 1.85. The smallest absolute Gasteiger partial charge is 0.132 e. The highest BCUT2D eigenvalue weighted by molar-refractivity contribution is 6.84. The fraction of sp³-hybridized carbons (Fsp3) is 0.714. The third kappa shape index (κ3) is 6.15. The third-order valence-electron chi connectivity index (χ3n) is 1.40. The van der Waals surface area contributed by atoms with Crippen LogP contribution in [0.4, 0.5) is 0 Å². The minimum absolute atomic E-state index is 0. The third-order valence-corrected chi connectivity index (χ3v) is 3.78. The van der Waals surface area contributed by atoms with Gasteiger partial charge in [-0.1, -0.05) is 13.1 Å². The predicted octanol–water partition coefficient (Wildman–Crippen LogP) is 1.64. The summed E-state index contributed by atoms with van der Waals surface area (Å²) in [5.74, 6) is 0. The normalized spacial score (nSPS) is 9.80. The van der Waals surface area contributed by atoms with Crippen molar-refractivity contribution < 1.29 is 0 Å². The van der Waals surface area contributed by atoms with Gasteiger partial charge < -0.3 is 5.73 Å². The van der Waals surface area contributed by atoms with E-state index in [2.05, 4.69) is 18.6 Å². The number of hydrogen-bond acceptors (Lipinski definition) is 1. The molecule has 0 aliphatic rings. The van der Waals surface area contributed by atoms with Crippen LogP contribution in [0.15, 0.2) is 0 Å². The molecule has 10 heavy (non-hydrogen) atoms. The van der Waals surface area contributed by atoms with Crippen LogP contribution in [0.5, 0.6) is 0 Å². The molecule has 2 N–H and O–H groups in total. The second kappa shape index (κ2) is 5.78. The minimum atomic E-state index is -1.25. The van der Waals surface area contributed by atoms with Crippen LogP contribution >= 0.6 is 12.4 Å². The van der Waals surface area contributed by atoms with Crippen LogP contribution in [-0.2, 0) is 0 Å². The molecule has 0 saturated carbocycles. The Morgan fingerprint density at radius 3 is 2.30 bits per heavy atom. The molecule has 3 heteroatoms. The van der Waals surface area contributed by atoms with E-state index in [4.69, 9.17) is 12.2 Å². The molecule has 0 aromatic rings. The molecule has 0 spiro atoms. The monoisotopic (exact) mass is 177 g/mol. The first-order valence-electron chi connectivity index (χ1n) is 3.30. The lowest BCUT2D eigenvalue weighted by Crippen LogP contribution is -2.23. The van der Waals surface area contributed by atoms with E-state index in [-0.39, 0.29) is 12.4 Å². The van der Waals surface area contributed by atoms with E-state index in [9.17, 15) is 0 Å². The van der Waals surface area contributed by atoms with E-state index in [0.717, 1.165) is 13.0 Å². The van der Waals surface area contributed by atoms with Crippen LogP contribution in [0.1, 0.15) is 6.42 Å². The second-order valence-corrected chi connectivity index (χ2v) is 7.48. The van der Waals surface area contributed by atoms with Crippen LogP contribution < -0.4 is 5.73 Å². The topological polar surface area (TPSA) is 26.0 Å². The average molecular weight is 178 g/mol. The van der Waals surface area contributed by atoms with Crippen molar-refractivity contribution in [2.75, 3.05) is 6.54 Å². The zero-order valence-corrected chi connectivity index (χ0v) is 8.50. The van der Waals surface area contributed by atoms with Gasteiger partial charge in [0.15, 0.2) is 0 Å². The Labute approximate surface area is 70.8 Å². The average Bonchev–Trinajstić information content (AvgIpc) is 1.84. The van der Waals surface area contributed by atoms with Crippen molar-refractivity contribution in [3.63, 3.8) is 0 Å². The molecule has 0 aromatic heterocycles. The highest BCUT2D eigenvalue weighted by atomic mass is 35.5. The number of terminal acetylenes is 1. The van der Waals surface area contributed by atoms with Gasteiger partial charge >= 0.3 is 0 Å². The fourth-order valence-electron chi connectivity index (χ4n) is 0.616. The van der Waals surface area contributed by atoms with Crippen LogP contribution in [0.3, 0.4) is 0 Å². The van der Waals surface area contributed by atoms with Crippen molar-refractivity contribution in [1.29, 1.82) is 0 Å². The predicted molar refractivity (Wildman–Crippen MR) is 52.0 cm³/mol. The molecule has 0 aliphatic heterocycles. The molecular formula is C7H16ClNSi. The van der Waals surface area contributed by atoms with Gasteiger partial charge in [0, 0.05) is 0 Å². The van der Waals surface area contributed by atoms with E-state index >= 15 is 0 Å². The van der Waals surface area contributed by atoms with Gasteiger partial charge in [-0.15, -0.1) is 24.4 Å². The van der Waals surface area contributed by atoms with Crippen LogP contribution in [0, 0.1) is 12.0 Å². The van der Waals surface area contributed by atoms with Gasteiger partial charge in [-0.2, -0.15) is 0 Å². The molecule has 0 unspecified atom stereocenters. The van der Waals surface area contributed by atoms with Crippen molar-refractivity contribution in [2.24, 2.45) is 5.73 Å². The Hall–Kier alpha value is 0.0269. The van der Waals surface area contributed by atoms with Gasteiger partial charge in [-0.05, 0) is 19.0 Å². The van der Waals surface area contributed by atoms with Gasteiger partial charge in [-0.3, -0.25) is 0 Å². The minimum Gasteiger partial charge on any atom is -0.330 e. The zero-order valence-electron chi connectivity index (χ0n) is 6.68. The first-order valence-corrected chi connectivity index (χ1v) is 6.51. The van der Waals surface area contributed by atoms with Crippen LogP contribution in [-0.4, -0.2) is 14.6 Å². The molecule has 0 rings (SSSR count). The largest absolute Gasteiger partial charge is 0.330 e. The Bertz CT molecular complexity index is 117. The maximum absolute atomic E-state index is 5.34. The molecule has 0 saturated heterocycles. The van der Waals surface area contributed by atoms with E-state index in [1.54, 1.807) is 0 Å². The Balaban J connectivity index is 0. The molecular weight excluding hydrogens is 162 g/mol. The quantitative estimate of drug-likeness (QED) is 0.515. The summed E-state index contributed by atoms with van der Waals surface area (Å²) in [5.41, 5.74) is 8.20. The molecule has 0 aliphatic carbocycles. The van der Waals surface area contributed by atoms with Crippen LogP contribution in [0.25, 0.3) is 0 Å². The summed E-state index contributed by atoms with van der Waals surface area (Å²) in [4.78, 5) is 0. The van der Waals surface area contributed by atoms with Gasteiger partial charge in [0.25, 0.3) is 0 Å². The molecule has 0 heterocycles. The van der Waals surface area contributed by atoms with Gasteiger partial charge in [0.1, 0.15) is 8.07 Å². The number of hydrogen-bond donors (Lipinski definition) is 1. The summed E-state index contributed by atoms with van der Waals surface area (Å²) < 4.78 is 0. The summed E-state index contributed by atoms with van der Waals surface area (Å²) in [7, 11) is -1.25. The summed E-state index contributed by atoms with van der Waals surface area (Å²) in [6, 6.07) is 1.17. The number of halogens is 1. The van der Waals surface area contributed by atoms with Crippen LogP contribution in [0.2, 0.25) is 19.1 Å². The lowest BCUT2D eigenvalue weighted by atomic mass is 10.5. The molecule has 0 bridgehead atoms. The van der Waals surface area contributed by atoms with Crippen molar-refractivity contribution in [1.82, 2.24) is 0 Å². The van der Waals surface area contributed by atoms with E-state index in [0.29, 0.717) is 0 Å². The Kier molecular flexibility index (Phi) is 7.34. The maximum Gasteiger partial charge on any atom is 0.132 e. The highest BCUT2D eigenvalue weighted by Crippen LogP contribution is 2.08. The summed E-state index contributed by atoms with van der Waals surface area (Å²) in [6.07, 6.45) is 6.40. The van der Waals surface area contributed by atoms with E-state index in [1.807, 2.05) is 0 Å². The standard InChI is InChI=1S/C7H15NSi.ClH/c1-4-9(2,3)7-5-6-8;/h1H,5-8H2,2-3H3;1H. The summed E-state index contributed by atoms with van der Waals surface area (Å²) in [5, 5.41) is 0. The first kappa shape index (κ1) is 12.7. The van der Waals surface area contributed by atoms with Gasteiger partial charge in [-0.25, -0.2) is 0 Å². The van der Waals surface area contributed by atoms with E-state index in [1.165, 1.54) is 6.04 Å². The van der Waals surface area contributed by atoms with E-state index < -0.39 is 8.07 Å². The van der Waals surface area contributed by atoms with Crippen molar-refractivity contribution in [3.8, 4) is 12.0 Å². The number of nitrogens with two attached hydrogens (primary N) is 1. The Morgan fingerprint density at radius 2 is 2.00 bits per heavy atom. The highest BCUT2D eigenvalue weighted by Gasteiger charge is 2.15. The molecule has 60 valence electrons.